The number of halogens is 1. The van der Waals surface area contributed by atoms with Crippen molar-refractivity contribution in [2.75, 3.05) is 18.2 Å². The third-order valence-corrected chi connectivity index (χ3v) is 4.19. The number of benzene rings is 2. The summed E-state index contributed by atoms with van der Waals surface area (Å²) in [5.74, 6) is 0.818. The van der Waals surface area contributed by atoms with E-state index in [-0.39, 0.29) is 5.91 Å². The number of hydrogen-bond acceptors (Lipinski definition) is 3. The topological polar surface area (TPSA) is 38.3 Å². The van der Waals surface area contributed by atoms with Crippen LogP contribution in [0.15, 0.2) is 57.9 Å². The average molecular weight is 380 g/mol. The molecule has 3 nitrogen and oxygen atoms in total. The standard InChI is InChI=1S/C17H18BrNO2S/c1-22-16-8-3-6-14(12-16)19-17(20)9-4-10-21-15-7-2-5-13(18)11-15/h2-3,5-8,11-12H,4,9-10H2,1H3,(H,19,20). The van der Waals surface area contributed by atoms with Gasteiger partial charge in [-0.25, -0.2) is 0 Å². The van der Waals surface area contributed by atoms with Gasteiger partial charge in [0.2, 0.25) is 5.91 Å². The summed E-state index contributed by atoms with van der Waals surface area (Å²) in [5.41, 5.74) is 0.838. The van der Waals surface area contributed by atoms with E-state index in [4.69, 9.17) is 4.74 Å². The number of nitrogens with one attached hydrogen (secondary N) is 1. The smallest absolute Gasteiger partial charge is 0.224 e. The van der Waals surface area contributed by atoms with E-state index in [9.17, 15) is 4.79 Å². The molecular formula is C17H18BrNO2S. The molecule has 5 heteroatoms. The van der Waals surface area contributed by atoms with Crippen LogP contribution in [0.4, 0.5) is 5.69 Å². The van der Waals surface area contributed by atoms with Crippen LogP contribution in [0, 0.1) is 0 Å². The molecule has 2 aromatic carbocycles. The number of carbonyl (C=O) groups excluding carboxylic acids is 1. The number of rotatable bonds is 7. The summed E-state index contributed by atoms with van der Waals surface area (Å²) in [6.45, 7) is 0.523. The van der Waals surface area contributed by atoms with Gasteiger partial charge >= 0.3 is 0 Å². The van der Waals surface area contributed by atoms with Gasteiger partial charge in [0.15, 0.2) is 0 Å². The molecule has 0 heterocycles. The third-order valence-electron chi connectivity index (χ3n) is 2.97. The number of anilines is 1. The molecule has 22 heavy (non-hydrogen) atoms. The predicted molar refractivity (Wildman–Crippen MR) is 95.7 cm³/mol. The van der Waals surface area contributed by atoms with E-state index in [1.807, 2.05) is 54.8 Å². The van der Waals surface area contributed by atoms with Crippen molar-refractivity contribution >= 4 is 39.3 Å². The monoisotopic (exact) mass is 379 g/mol. The van der Waals surface area contributed by atoms with Crippen molar-refractivity contribution in [3.63, 3.8) is 0 Å². The number of ether oxygens (including phenoxy) is 1. The number of amides is 1. The predicted octanol–water partition coefficient (Wildman–Crippen LogP) is 4.97. The Bertz CT molecular complexity index is 634. The van der Waals surface area contributed by atoms with E-state index in [1.54, 1.807) is 11.8 Å². The molecule has 1 N–H and O–H groups in total. The highest BCUT2D eigenvalue weighted by Crippen LogP contribution is 2.19. The van der Waals surface area contributed by atoms with Crippen molar-refractivity contribution in [3.05, 3.63) is 53.0 Å². The van der Waals surface area contributed by atoms with Crippen molar-refractivity contribution in [1.29, 1.82) is 0 Å². The zero-order valence-electron chi connectivity index (χ0n) is 12.3. The SMILES string of the molecule is CSc1cccc(NC(=O)CCCOc2cccc(Br)c2)c1. The number of carbonyl (C=O) groups is 1. The quantitative estimate of drug-likeness (QED) is 0.545. The zero-order valence-corrected chi connectivity index (χ0v) is 14.7. The fourth-order valence-corrected chi connectivity index (χ4v) is 2.74. The van der Waals surface area contributed by atoms with Gasteiger partial charge in [-0.15, -0.1) is 11.8 Å². The molecule has 0 radical (unpaired) electrons. The highest BCUT2D eigenvalue weighted by molar-refractivity contribution is 9.10. The Morgan fingerprint density at radius 1 is 1.23 bits per heavy atom. The fourth-order valence-electron chi connectivity index (χ4n) is 1.90. The molecule has 0 saturated heterocycles. The molecular weight excluding hydrogens is 362 g/mol. The molecule has 1 amide bonds. The summed E-state index contributed by atoms with van der Waals surface area (Å²) in [6.07, 6.45) is 3.14. The molecule has 0 atom stereocenters. The van der Waals surface area contributed by atoms with E-state index in [0.717, 1.165) is 20.8 Å². The van der Waals surface area contributed by atoms with Crippen LogP contribution in [-0.2, 0) is 4.79 Å². The average Bonchev–Trinajstić information content (AvgIpc) is 2.52. The third kappa shape index (κ3) is 5.73. The Morgan fingerprint density at radius 3 is 2.82 bits per heavy atom. The molecule has 2 rings (SSSR count). The number of hydrogen-bond donors (Lipinski definition) is 1. The van der Waals surface area contributed by atoms with Crippen molar-refractivity contribution in [2.45, 2.75) is 17.7 Å². The highest BCUT2D eigenvalue weighted by atomic mass is 79.9. The summed E-state index contributed by atoms with van der Waals surface area (Å²) >= 11 is 5.05. The lowest BCUT2D eigenvalue weighted by atomic mass is 10.2. The van der Waals surface area contributed by atoms with Crippen molar-refractivity contribution < 1.29 is 9.53 Å². The van der Waals surface area contributed by atoms with Crippen LogP contribution in [0.2, 0.25) is 0 Å². The van der Waals surface area contributed by atoms with E-state index in [0.29, 0.717) is 19.4 Å². The Hall–Kier alpha value is -1.46. The van der Waals surface area contributed by atoms with Crippen LogP contribution in [0.25, 0.3) is 0 Å². The van der Waals surface area contributed by atoms with Crippen LogP contribution < -0.4 is 10.1 Å². The van der Waals surface area contributed by atoms with Gasteiger partial charge in [0.1, 0.15) is 5.75 Å². The second-order valence-electron chi connectivity index (χ2n) is 4.69. The first kappa shape index (κ1) is 16.9. The van der Waals surface area contributed by atoms with Gasteiger partial charge in [0.05, 0.1) is 6.61 Å². The van der Waals surface area contributed by atoms with Gasteiger partial charge in [-0.1, -0.05) is 28.1 Å². The van der Waals surface area contributed by atoms with Gasteiger partial charge in [-0.2, -0.15) is 0 Å². The normalized spacial score (nSPS) is 10.3. The van der Waals surface area contributed by atoms with Gasteiger partial charge in [-0.05, 0) is 49.1 Å². The minimum atomic E-state index is 0.0103. The van der Waals surface area contributed by atoms with Crippen molar-refractivity contribution in [2.24, 2.45) is 0 Å². The molecule has 116 valence electrons. The molecule has 0 fully saturated rings. The molecule has 0 spiro atoms. The summed E-state index contributed by atoms with van der Waals surface area (Å²) in [7, 11) is 0. The first-order chi connectivity index (χ1) is 10.7. The van der Waals surface area contributed by atoms with E-state index in [1.165, 1.54) is 0 Å². The molecule has 0 unspecified atom stereocenters. The molecule has 0 saturated carbocycles. The molecule has 0 aliphatic heterocycles. The van der Waals surface area contributed by atoms with Gasteiger partial charge < -0.3 is 10.1 Å². The van der Waals surface area contributed by atoms with Crippen LogP contribution in [0.1, 0.15) is 12.8 Å². The Labute approximate surface area is 143 Å². The highest BCUT2D eigenvalue weighted by Gasteiger charge is 2.03. The van der Waals surface area contributed by atoms with Crippen molar-refractivity contribution in [3.8, 4) is 5.75 Å². The lowest BCUT2D eigenvalue weighted by molar-refractivity contribution is -0.116. The largest absolute Gasteiger partial charge is 0.494 e. The van der Waals surface area contributed by atoms with Crippen LogP contribution >= 0.6 is 27.7 Å². The number of thioether (sulfide) groups is 1. The summed E-state index contributed by atoms with van der Waals surface area (Å²) in [6, 6.07) is 15.5. The molecule has 0 bridgehead atoms. The second-order valence-corrected chi connectivity index (χ2v) is 6.48. The van der Waals surface area contributed by atoms with Gasteiger partial charge in [0.25, 0.3) is 0 Å². The first-order valence-electron chi connectivity index (χ1n) is 6.99. The molecule has 0 aromatic heterocycles. The second kappa shape index (κ2) is 8.86. The summed E-state index contributed by atoms with van der Waals surface area (Å²) in [5, 5.41) is 2.91. The minimum Gasteiger partial charge on any atom is -0.494 e. The molecule has 2 aromatic rings. The summed E-state index contributed by atoms with van der Waals surface area (Å²) in [4.78, 5) is 13.0. The maximum absolute atomic E-state index is 11.9. The Kier molecular flexibility index (Phi) is 6.80. The van der Waals surface area contributed by atoms with E-state index < -0.39 is 0 Å². The molecule has 0 aliphatic rings. The fraction of sp³-hybridized carbons (Fsp3) is 0.235. The van der Waals surface area contributed by atoms with E-state index in [2.05, 4.69) is 21.2 Å². The lowest BCUT2D eigenvalue weighted by Gasteiger charge is -2.08. The Balaban J connectivity index is 1.71. The van der Waals surface area contributed by atoms with Crippen molar-refractivity contribution in [1.82, 2.24) is 0 Å². The maximum Gasteiger partial charge on any atom is 0.224 e. The maximum atomic E-state index is 11.9. The lowest BCUT2D eigenvalue weighted by Crippen LogP contribution is -2.12. The van der Waals surface area contributed by atoms with Gasteiger partial charge in [-0.3, -0.25) is 4.79 Å². The molecule has 0 aliphatic carbocycles. The zero-order chi connectivity index (χ0) is 15.8. The van der Waals surface area contributed by atoms with Crippen LogP contribution in [0.3, 0.4) is 0 Å². The van der Waals surface area contributed by atoms with Gasteiger partial charge in [0, 0.05) is 21.5 Å². The summed E-state index contributed by atoms with van der Waals surface area (Å²) < 4.78 is 6.59. The first-order valence-corrected chi connectivity index (χ1v) is 9.01. The Morgan fingerprint density at radius 2 is 2.05 bits per heavy atom. The minimum absolute atomic E-state index is 0.0103. The van der Waals surface area contributed by atoms with E-state index >= 15 is 0 Å². The van der Waals surface area contributed by atoms with Crippen LogP contribution in [-0.4, -0.2) is 18.8 Å². The van der Waals surface area contributed by atoms with Crippen LogP contribution in [0.5, 0.6) is 5.75 Å².